The number of carbonyl (C=O) groups is 1. The van der Waals surface area contributed by atoms with E-state index in [1.807, 2.05) is 42.7 Å². The van der Waals surface area contributed by atoms with Crippen LogP contribution in [0.15, 0.2) is 36.9 Å². The molecule has 3 unspecified atom stereocenters. The van der Waals surface area contributed by atoms with Crippen molar-refractivity contribution >= 4 is 28.7 Å². The number of carbonyl (C=O) groups excluding carboxylic acids is 1. The molecule has 0 radical (unpaired) electrons. The zero-order valence-corrected chi connectivity index (χ0v) is 25.7. The number of urea groups is 1. The average molecular weight is 581 g/mol. The van der Waals surface area contributed by atoms with Crippen molar-refractivity contribution in [3.8, 4) is 0 Å². The van der Waals surface area contributed by atoms with Gasteiger partial charge in [0.05, 0.1) is 12.9 Å². The van der Waals surface area contributed by atoms with Crippen LogP contribution in [0.2, 0.25) is 0 Å². The van der Waals surface area contributed by atoms with E-state index in [2.05, 4.69) is 65.1 Å². The molecule has 2 aliphatic heterocycles. The van der Waals surface area contributed by atoms with E-state index in [9.17, 15) is 4.79 Å². The fourth-order valence-electron chi connectivity index (χ4n) is 5.82. The maximum Gasteiger partial charge on any atom is 0.319 e. The zero-order valence-electron chi connectivity index (χ0n) is 25.7. The van der Waals surface area contributed by atoms with Crippen molar-refractivity contribution in [1.29, 1.82) is 0 Å². The standard InChI is InChI=1S/C30H44N8O4/c1-19(2)14-37(13-12-32-27(39)36-21-10-8-20(9-11-21)28(3,4)5)15-22-24-30(16-40-22,42-29(6,7)41-24)38-18-35-23-25(31)33-17-34-26(23)38/h8-11,17-19,22,24H,12-16H2,1-7H3,(H2,31,33,34)(H2,32,36,39). The number of nitrogen functional groups attached to an aromatic ring is 1. The summed E-state index contributed by atoms with van der Waals surface area (Å²) in [5.74, 6) is -0.113. The Balaban J connectivity index is 1.24. The number of ether oxygens (including phenoxy) is 3. The Morgan fingerprint density at radius 3 is 2.62 bits per heavy atom. The van der Waals surface area contributed by atoms with Gasteiger partial charge >= 0.3 is 6.03 Å². The van der Waals surface area contributed by atoms with Crippen LogP contribution >= 0.6 is 0 Å². The van der Waals surface area contributed by atoms with Gasteiger partial charge < -0.3 is 30.6 Å². The molecule has 12 heteroatoms. The monoisotopic (exact) mass is 580 g/mol. The van der Waals surface area contributed by atoms with Crippen LogP contribution in [0.4, 0.5) is 16.3 Å². The Morgan fingerprint density at radius 2 is 1.93 bits per heavy atom. The first-order chi connectivity index (χ1) is 19.8. The van der Waals surface area contributed by atoms with E-state index in [-0.39, 0.29) is 24.2 Å². The molecule has 4 N–H and O–H groups in total. The highest BCUT2D eigenvalue weighted by molar-refractivity contribution is 5.89. The van der Waals surface area contributed by atoms with Crippen molar-refractivity contribution in [2.45, 2.75) is 77.6 Å². The first-order valence-electron chi connectivity index (χ1n) is 14.6. The third-order valence-electron chi connectivity index (χ3n) is 7.67. The second-order valence-electron chi connectivity index (χ2n) is 13.1. The van der Waals surface area contributed by atoms with Crippen LogP contribution < -0.4 is 16.4 Å². The predicted octanol–water partition coefficient (Wildman–Crippen LogP) is 3.69. The van der Waals surface area contributed by atoms with Crippen molar-refractivity contribution in [2.75, 3.05) is 43.8 Å². The Hall–Kier alpha value is -3.32. The van der Waals surface area contributed by atoms with Gasteiger partial charge in [-0.25, -0.2) is 19.7 Å². The molecule has 4 heterocycles. The highest BCUT2D eigenvalue weighted by Gasteiger charge is 2.63. The van der Waals surface area contributed by atoms with Crippen molar-refractivity contribution in [2.24, 2.45) is 5.92 Å². The van der Waals surface area contributed by atoms with Crippen LogP contribution in [0.3, 0.4) is 0 Å². The van der Waals surface area contributed by atoms with Gasteiger partial charge in [0, 0.05) is 31.9 Å². The van der Waals surface area contributed by atoms with Crippen molar-refractivity contribution in [3.63, 3.8) is 0 Å². The minimum Gasteiger partial charge on any atom is -0.382 e. The van der Waals surface area contributed by atoms with Gasteiger partial charge in [0.2, 0.25) is 5.72 Å². The van der Waals surface area contributed by atoms with E-state index < -0.39 is 17.6 Å². The largest absolute Gasteiger partial charge is 0.382 e. The Bertz CT molecular complexity index is 1400. The van der Waals surface area contributed by atoms with Gasteiger partial charge in [-0.05, 0) is 42.9 Å². The first-order valence-corrected chi connectivity index (χ1v) is 14.6. The lowest BCUT2D eigenvalue weighted by Crippen LogP contribution is -2.48. The molecule has 12 nitrogen and oxygen atoms in total. The molecule has 1 aromatic carbocycles. The van der Waals surface area contributed by atoms with Gasteiger partial charge in [-0.15, -0.1) is 0 Å². The number of hydrogen-bond donors (Lipinski definition) is 3. The Morgan fingerprint density at radius 1 is 1.19 bits per heavy atom. The number of amides is 2. The maximum atomic E-state index is 12.6. The van der Waals surface area contributed by atoms with E-state index in [1.54, 1.807) is 6.33 Å². The molecule has 3 atom stereocenters. The first kappa shape index (κ1) is 30.1. The molecule has 2 saturated heterocycles. The third-order valence-corrected chi connectivity index (χ3v) is 7.67. The molecule has 5 rings (SSSR count). The zero-order chi connectivity index (χ0) is 30.3. The van der Waals surface area contributed by atoms with Crippen LogP contribution in [-0.2, 0) is 25.4 Å². The smallest absolute Gasteiger partial charge is 0.319 e. The van der Waals surface area contributed by atoms with Crippen LogP contribution in [-0.4, -0.2) is 81.2 Å². The molecule has 2 aliphatic rings. The van der Waals surface area contributed by atoms with Crippen molar-refractivity contribution < 1.29 is 19.0 Å². The number of nitrogens with zero attached hydrogens (tertiary/aromatic N) is 5. The average Bonchev–Trinajstić information content (AvgIpc) is 3.54. The summed E-state index contributed by atoms with van der Waals surface area (Å²) >= 11 is 0. The Labute approximate surface area is 247 Å². The van der Waals surface area contributed by atoms with E-state index in [4.69, 9.17) is 19.9 Å². The number of hydrogen-bond acceptors (Lipinski definition) is 9. The minimum absolute atomic E-state index is 0.0592. The summed E-state index contributed by atoms with van der Waals surface area (Å²) in [5, 5.41) is 5.92. The van der Waals surface area contributed by atoms with Crippen molar-refractivity contribution in [1.82, 2.24) is 29.7 Å². The number of fused-ring (bicyclic) bond motifs is 2. The van der Waals surface area contributed by atoms with Gasteiger partial charge in [-0.3, -0.25) is 9.47 Å². The molecule has 0 aliphatic carbocycles. The SMILES string of the molecule is CC(C)CN(CCNC(=O)Nc1ccc(C(C)(C)C)cc1)CC1OCC2(n3cnc4c(N)ncnc43)OC(C)(C)OC12. The molecule has 0 bridgehead atoms. The van der Waals surface area contributed by atoms with Crippen molar-refractivity contribution in [3.05, 3.63) is 42.5 Å². The topological polar surface area (TPSA) is 142 Å². The molecule has 2 amide bonds. The summed E-state index contributed by atoms with van der Waals surface area (Å²) in [6.45, 7) is 17.5. The number of anilines is 2. The molecule has 0 spiro atoms. The summed E-state index contributed by atoms with van der Waals surface area (Å²) < 4.78 is 21.2. The number of rotatable bonds is 9. The van der Waals surface area contributed by atoms with Gasteiger partial charge in [0.25, 0.3) is 0 Å². The Kier molecular flexibility index (Phi) is 8.18. The number of nitrogens with two attached hydrogens (primary N) is 1. The number of nitrogens with one attached hydrogen (secondary N) is 2. The molecule has 42 heavy (non-hydrogen) atoms. The number of imidazole rings is 1. The van der Waals surface area contributed by atoms with Crippen LogP contribution in [0, 0.1) is 5.92 Å². The second-order valence-corrected chi connectivity index (χ2v) is 13.1. The molecular formula is C30H44N8O4. The summed E-state index contributed by atoms with van der Waals surface area (Å²) in [5.41, 5.74) is 8.22. The van der Waals surface area contributed by atoms with E-state index >= 15 is 0 Å². The molecule has 228 valence electrons. The quantitative estimate of drug-likeness (QED) is 0.345. The molecule has 2 aromatic heterocycles. The molecule has 2 fully saturated rings. The third kappa shape index (κ3) is 6.22. The number of aromatic nitrogens is 4. The number of benzene rings is 1. The van der Waals surface area contributed by atoms with E-state index in [0.29, 0.717) is 42.5 Å². The van der Waals surface area contributed by atoms with Crippen LogP contribution in [0.5, 0.6) is 0 Å². The van der Waals surface area contributed by atoms with Gasteiger partial charge in [-0.2, -0.15) is 0 Å². The fraction of sp³-hybridized carbons (Fsp3) is 0.600. The second kappa shape index (κ2) is 11.4. The lowest BCUT2D eigenvalue weighted by Gasteiger charge is -2.30. The maximum absolute atomic E-state index is 12.6. The minimum atomic E-state index is -0.951. The molecular weight excluding hydrogens is 536 g/mol. The van der Waals surface area contributed by atoms with E-state index in [1.165, 1.54) is 11.9 Å². The van der Waals surface area contributed by atoms with Crippen LogP contribution in [0.25, 0.3) is 11.2 Å². The molecule has 3 aromatic rings. The molecule has 0 saturated carbocycles. The van der Waals surface area contributed by atoms with Gasteiger partial charge in [0.1, 0.15) is 24.1 Å². The summed E-state index contributed by atoms with van der Waals surface area (Å²) in [7, 11) is 0. The summed E-state index contributed by atoms with van der Waals surface area (Å²) in [6.07, 6.45) is 2.40. The van der Waals surface area contributed by atoms with Gasteiger partial charge in [0.15, 0.2) is 17.3 Å². The van der Waals surface area contributed by atoms with E-state index in [0.717, 1.165) is 12.2 Å². The van der Waals surface area contributed by atoms with Crippen LogP contribution in [0.1, 0.15) is 54.0 Å². The predicted molar refractivity (Wildman–Crippen MR) is 161 cm³/mol. The lowest BCUT2D eigenvalue weighted by atomic mass is 9.87. The highest BCUT2D eigenvalue weighted by Crippen LogP contribution is 2.47. The fourth-order valence-corrected chi connectivity index (χ4v) is 5.82. The summed E-state index contributed by atoms with van der Waals surface area (Å²) in [4.78, 5) is 27.9. The van der Waals surface area contributed by atoms with Gasteiger partial charge in [-0.1, -0.05) is 46.8 Å². The normalized spacial score (nSPS) is 23.5. The summed E-state index contributed by atoms with van der Waals surface area (Å²) in [6, 6.07) is 7.73. The lowest BCUT2D eigenvalue weighted by molar-refractivity contribution is -0.205. The highest BCUT2D eigenvalue weighted by atomic mass is 16.8.